The van der Waals surface area contributed by atoms with Gasteiger partial charge < -0.3 is 10.2 Å². The second-order valence-electron chi connectivity index (χ2n) is 8.53. The summed E-state index contributed by atoms with van der Waals surface area (Å²) >= 11 is 6.15. The predicted molar refractivity (Wildman–Crippen MR) is 134 cm³/mol. The first-order valence-electron chi connectivity index (χ1n) is 11.3. The van der Waals surface area contributed by atoms with E-state index in [9.17, 15) is 0 Å². The highest BCUT2D eigenvalue weighted by atomic mass is 35.5. The molecule has 2 aromatic heterocycles. The standard InChI is InChI=1S/C25H28ClN7/c1-18-5-3-6-20(15-18)24-29-25-28-19(2)16-23(33(25)30-24)27-9-10-31-11-13-32(14-12-31)22-8-4-7-21(26)17-22/h3-8,15-17,27H,9-14H2,1-2H3. The van der Waals surface area contributed by atoms with E-state index < -0.39 is 0 Å². The Bertz CT molecular complexity index is 1260. The van der Waals surface area contributed by atoms with Gasteiger partial charge in [0.15, 0.2) is 5.82 Å². The highest BCUT2D eigenvalue weighted by molar-refractivity contribution is 6.30. The number of benzene rings is 2. The van der Waals surface area contributed by atoms with Crippen LogP contribution in [-0.4, -0.2) is 63.8 Å². The third-order valence-electron chi connectivity index (χ3n) is 6.00. The van der Waals surface area contributed by atoms with E-state index in [0.717, 1.165) is 61.4 Å². The lowest BCUT2D eigenvalue weighted by molar-refractivity contribution is 0.267. The van der Waals surface area contributed by atoms with Crippen molar-refractivity contribution in [3.05, 3.63) is 70.9 Å². The Hall–Kier alpha value is -3.16. The smallest absolute Gasteiger partial charge is 0.254 e. The van der Waals surface area contributed by atoms with Crippen molar-refractivity contribution in [2.75, 3.05) is 49.5 Å². The number of aromatic nitrogens is 4. The zero-order valence-electron chi connectivity index (χ0n) is 19.0. The summed E-state index contributed by atoms with van der Waals surface area (Å²) in [7, 11) is 0. The van der Waals surface area contributed by atoms with Gasteiger partial charge in [-0.2, -0.15) is 9.50 Å². The zero-order chi connectivity index (χ0) is 22.8. The molecule has 0 bridgehead atoms. The molecule has 0 radical (unpaired) electrons. The van der Waals surface area contributed by atoms with Gasteiger partial charge in [0.05, 0.1) is 0 Å². The van der Waals surface area contributed by atoms with Crippen LogP contribution in [-0.2, 0) is 0 Å². The summed E-state index contributed by atoms with van der Waals surface area (Å²) < 4.78 is 1.81. The van der Waals surface area contributed by atoms with Crippen LogP contribution >= 0.6 is 11.6 Å². The molecule has 170 valence electrons. The van der Waals surface area contributed by atoms with E-state index in [2.05, 4.69) is 50.2 Å². The van der Waals surface area contributed by atoms with Gasteiger partial charge in [0.1, 0.15) is 5.82 Å². The third-order valence-corrected chi connectivity index (χ3v) is 6.23. The van der Waals surface area contributed by atoms with Gasteiger partial charge in [0, 0.05) is 67.3 Å². The van der Waals surface area contributed by atoms with Gasteiger partial charge in [-0.25, -0.2) is 4.98 Å². The number of anilines is 2. The predicted octanol–water partition coefficient (Wildman–Crippen LogP) is 4.30. The number of hydrogen-bond donors (Lipinski definition) is 1. The zero-order valence-corrected chi connectivity index (χ0v) is 19.8. The summed E-state index contributed by atoms with van der Waals surface area (Å²) in [5, 5.41) is 9.07. The van der Waals surface area contributed by atoms with Crippen LogP contribution in [0.3, 0.4) is 0 Å². The number of hydrogen-bond acceptors (Lipinski definition) is 6. The van der Waals surface area contributed by atoms with E-state index in [1.54, 1.807) is 0 Å². The van der Waals surface area contributed by atoms with E-state index in [0.29, 0.717) is 11.6 Å². The van der Waals surface area contributed by atoms with Crippen molar-refractivity contribution < 1.29 is 0 Å². The Labute approximate surface area is 199 Å². The Balaban J connectivity index is 1.22. The van der Waals surface area contributed by atoms with Crippen LogP contribution in [0.2, 0.25) is 5.02 Å². The number of fused-ring (bicyclic) bond motifs is 1. The highest BCUT2D eigenvalue weighted by Crippen LogP contribution is 2.21. The molecule has 0 aliphatic carbocycles. The van der Waals surface area contributed by atoms with E-state index >= 15 is 0 Å². The maximum absolute atomic E-state index is 6.15. The van der Waals surface area contributed by atoms with Crippen LogP contribution < -0.4 is 10.2 Å². The third kappa shape index (κ3) is 4.94. The van der Waals surface area contributed by atoms with Gasteiger partial charge in [-0.05, 0) is 38.1 Å². The second-order valence-corrected chi connectivity index (χ2v) is 8.97. The van der Waals surface area contributed by atoms with Crippen molar-refractivity contribution in [1.29, 1.82) is 0 Å². The van der Waals surface area contributed by atoms with Crippen LogP contribution in [0.4, 0.5) is 11.5 Å². The molecule has 0 saturated carbocycles. The Morgan fingerprint density at radius 2 is 1.76 bits per heavy atom. The number of nitrogens with one attached hydrogen (secondary N) is 1. The Kier molecular flexibility index (Phi) is 6.15. The quantitative estimate of drug-likeness (QED) is 0.462. The molecule has 0 atom stereocenters. The molecule has 1 saturated heterocycles. The maximum atomic E-state index is 6.15. The highest BCUT2D eigenvalue weighted by Gasteiger charge is 2.17. The fraction of sp³-hybridized carbons (Fsp3) is 0.320. The van der Waals surface area contributed by atoms with Crippen LogP contribution in [0, 0.1) is 13.8 Å². The lowest BCUT2D eigenvalue weighted by Crippen LogP contribution is -2.47. The molecular weight excluding hydrogens is 434 g/mol. The number of piperazine rings is 1. The average molecular weight is 462 g/mol. The first-order chi connectivity index (χ1) is 16.0. The van der Waals surface area contributed by atoms with Crippen molar-refractivity contribution >= 4 is 28.9 Å². The Morgan fingerprint density at radius 3 is 2.55 bits per heavy atom. The summed E-state index contributed by atoms with van der Waals surface area (Å²) in [5.74, 6) is 2.22. The largest absolute Gasteiger partial charge is 0.369 e. The minimum absolute atomic E-state index is 0.615. The number of halogens is 1. The first kappa shape index (κ1) is 21.7. The fourth-order valence-electron chi connectivity index (χ4n) is 4.26. The molecule has 4 aromatic rings. The molecule has 1 aliphatic rings. The van der Waals surface area contributed by atoms with Crippen LogP contribution in [0.25, 0.3) is 17.2 Å². The summed E-state index contributed by atoms with van der Waals surface area (Å²) in [4.78, 5) is 14.1. The van der Waals surface area contributed by atoms with Gasteiger partial charge in [-0.3, -0.25) is 4.90 Å². The molecule has 8 heteroatoms. The molecule has 1 aliphatic heterocycles. The normalized spacial score (nSPS) is 14.7. The van der Waals surface area contributed by atoms with Crippen molar-refractivity contribution in [3.63, 3.8) is 0 Å². The second kappa shape index (κ2) is 9.37. The lowest BCUT2D eigenvalue weighted by Gasteiger charge is -2.36. The molecule has 1 fully saturated rings. The molecule has 2 aromatic carbocycles. The van der Waals surface area contributed by atoms with Gasteiger partial charge in [-0.15, -0.1) is 5.10 Å². The topological polar surface area (TPSA) is 61.6 Å². The molecule has 0 amide bonds. The summed E-state index contributed by atoms with van der Waals surface area (Å²) in [6.07, 6.45) is 0. The lowest BCUT2D eigenvalue weighted by atomic mass is 10.1. The minimum Gasteiger partial charge on any atom is -0.369 e. The molecule has 0 spiro atoms. The van der Waals surface area contributed by atoms with Gasteiger partial charge >= 0.3 is 0 Å². The summed E-state index contributed by atoms with van der Waals surface area (Å²) in [6.45, 7) is 9.91. The molecule has 1 N–H and O–H groups in total. The molecule has 3 heterocycles. The van der Waals surface area contributed by atoms with E-state index in [1.165, 1.54) is 11.3 Å². The van der Waals surface area contributed by atoms with Crippen LogP contribution in [0.1, 0.15) is 11.3 Å². The van der Waals surface area contributed by atoms with E-state index in [-0.39, 0.29) is 0 Å². The van der Waals surface area contributed by atoms with Crippen molar-refractivity contribution in [3.8, 4) is 11.4 Å². The number of rotatable bonds is 6. The number of nitrogens with zero attached hydrogens (tertiary/aromatic N) is 6. The number of aryl methyl sites for hydroxylation is 2. The van der Waals surface area contributed by atoms with Gasteiger partial charge in [-0.1, -0.05) is 41.4 Å². The first-order valence-corrected chi connectivity index (χ1v) is 11.7. The molecule has 5 rings (SSSR count). The SMILES string of the molecule is Cc1cccc(-c2nc3nc(C)cc(NCCN4CCN(c5cccc(Cl)c5)CC4)n3n2)c1. The van der Waals surface area contributed by atoms with Crippen molar-refractivity contribution in [2.45, 2.75) is 13.8 Å². The Morgan fingerprint density at radius 1 is 0.939 bits per heavy atom. The monoisotopic (exact) mass is 461 g/mol. The fourth-order valence-corrected chi connectivity index (χ4v) is 4.45. The maximum Gasteiger partial charge on any atom is 0.254 e. The molecule has 7 nitrogen and oxygen atoms in total. The van der Waals surface area contributed by atoms with Gasteiger partial charge in [0.25, 0.3) is 5.78 Å². The van der Waals surface area contributed by atoms with Crippen molar-refractivity contribution in [2.24, 2.45) is 0 Å². The van der Waals surface area contributed by atoms with E-state index in [1.807, 2.05) is 47.8 Å². The summed E-state index contributed by atoms with van der Waals surface area (Å²) in [6, 6.07) is 18.4. The molecule has 33 heavy (non-hydrogen) atoms. The average Bonchev–Trinajstić information content (AvgIpc) is 3.24. The van der Waals surface area contributed by atoms with E-state index in [4.69, 9.17) is 16.7 Å². The minimum atomic E-state index is 0.615. The van der Waals surface area contributed by atoms with Crippen molar-refractivity contribution in [1.82, 2.24) is 24.5 Å². The summed E-state index contributed by atoms with van der Waals surface area (Å²) in [5.41, 5.74) is 4.31. The van der Waals surface area contributed by atoms with Crippen LogP contribution in [0.15, 0.2) is 54.6 Å². The molecular formula is C25H28ClN7. The molecule has 0 unspecified atom stereocenters. The van der Waals surface area contributed by atoms with Crippen LogP contribution in [0.5, 0.6) is 0 Å². The van der Waals surface area contributed by atoms with Gasteiger partial charge in [0.2, 0.25) is 0 Å².